The molecule has 1 aromatic carbocycles. The van der Waals surface area contributed by atoms with E-state index in [2.05, 4.69) is 0 Å². The molecular formula is C17H26F3NO2. The summed E-state index contributed by atoms with van der Waals surface area (Å²) in [4.78, 5) is 0. The first-order chi connectivity index (χ1) is 10.1. The van der Waals surface area contributed by atoms with Gasteiger partial charge in [0.05, 0.1) is 6.04 Å². The van der Waals surface area contributed by atoms with Gasteiger partial charge in [-0.15, -0.1) is 0 Å². The zero-order chi connectivity index (χ0) is 18.4. The minimum atomic E-state index is -4.80. The SMILES string of the molecule is CC(C)(C)c1cc([C@@H](N)[C@@H](O)C(F)(F)F)cc(C(C)(C)C)c1O. The normalized spacial score (nSPS) is 16.3. The highest BCUT2D eigenvalue weighted by atomic mass is 19.4. The van der Waals surface area contributed by atoms with Gasteiger partial charge in [-0.05, 0) is 39.7 Å². The van der Waals surface area contributed by atoms with Crippen molar-refractivity contribution in [2.45, 2.75) is 70.7 Å². The topological polar surface area (TPSA) is 66.5 Å². The smallest absolute Gasteiger partial charge is 0.416 e. The van der Waals surface area contributed by atoms with Crippen molar-refractivity contribution >= 4 is 0 Å². The Morgan fingerprint density at radius 3 is 1.52 bits per heavy atom. The first-order valence-corrected chi connectivity index (χ1v) is 7.45. The first-order valence-electron chi connectivity index (χ1n) is 7.45. The van der Waals surface area contributed by atoms with Gasteiger partial charge >= 0.3 is 6.18 Å². The van der Waals surface area contributed by atoms with Crippen LogP contribution in [0.2, 0.25) is 0 Å². The molecule has 1 rings (SSSR count). The maximum Gasteiger partial charge on any atom is 0.416 e. The summed E-state index contributed by atoms with van der Waals surface area (Å²) in [6.45, 7) is 11.1. The fourth-order valence-corrected chi connectivity index (χ4v) is 2.38. The number of halogens is 3. The van der Waals surface area contributed by atoms with Crippen molar-refractivity contribution in [3.05, 3.63) is 28.8 Å². The van der Waals surface area contributed by atoms with Crippen LogP contribution in [0.15, 0.2) is 12.1 Å². The molecule has 0 bridgehead atoms. The number of alkyl halides is 3. The summed E-state index contributed by atoms with van der Waals surface area (Å²) < 4.78 is 38.3. The van der Waals surface area contributed by atoms with Crippen LogP contribution in [0.3, 0.4) is 0 Å². The lowest BCUT2D eigenvalue weighted by atomic mass is 9.77. The maximum atomic E-state index is 12.8. The Hall–Kier alpha value is -1.27. The van der Waals surface area contributed by atoms with Crippen molar-refractivity contribution in [3.63, 3.8) is 0 Å². The number of hydrogen-bond donors (Lipinski definition) is 3. The first kappa shape index (κ1) is 19.8. The van der Waals surface area contributed by atoms with Crippen molar-refractivity contribution in [1.82, 2.24) is 0 Å². The van der Waals surface area contributed by atoms with Gasteiger partial charge < -0.3 is 15.9 Å². The largest absolute Gasteiger partial charge is 0.507 e. The van der Waals surface area contributed by atoms with E-state index in [1.165, 1.54) is 12.1 Å². The standard InChI is InChI=1S/C17H26F3NO2/c1-15(2,3)10-7-9(12(21)14(23)17(18,19)20)8-11(13(10)22)16(4,5)6/h7-8,12,14,22-23H,21H2,1-6H3/t12-,14-/m1/s1. The second kappa shape index (κ2) is 5.98. The molecule has 0 saturated carbocycles. The Morgan fingerprint density at radius 1 is 0.913 bits per heavy atom. The third-order valence-corrected chi connectivity index (χ3v) is 3.81. The number of aromatic hydroxyl groups is 1. The number of aliphatic hydroxyl groups excluding tert-OH is 1. The van der Waals surface area contributed by atoms with Gasteiger partial charge in [0.25, 0.3) is 0 Å². The zero-order valence-electron chi connectivity index (χ0n) is 14.4. The average Bonchev–Trinajstić information content (AvgIpc) is 2.33. The van der Waals surface area contributed by atoms with Gasteiger partial charge in [0.2, 0.25) is 0 Å². The Morgan fingerprint density at radius 2 is 1.26 bits per heavy atom. The van der Waals surface area contributed by atoms with Gasteiger partial charge in [0.15, 0.2) is 6.10 Å². The highest BCUT2D eigenvalue weighted by Crippen LogP contribution is 2.41. The summed E-state index contributed by atoms with van der Waals surface area (Å²) in [5.41, 5.74) is 5.85. The predicted octanol–water partition coefficient (Wildman–Crippen LogP) is 3.91. The van der Waals surface area contributed by atoms with E-state index >= 15 is 0 Å². The number of nitrogens with two attached hydrogens (primary N) is 1. The molecule has 6 heteroatoms. The number of benzene rings is 1. The summed E-state index contributed by atoms with van der Waals surface area (Å²) in [7, 11) is 0. The van der Waals surface area contributed by atoms with Crippen LogP contribution in [-0.2, 0) is 10.8 Å². The third kappa shape index (κ3) is 4.38. The molecule has 0 aliphatic carbocycles. The second-order valence-electron chi connectivity index (χ2n) is 7.98. The summed E-state index contributed by atoms with van der Waals surface area (Å²) in [6.07, 6.45) is -7.46. The minimum Gasteiger partial charge on any atom is -0.507 e. The number of phenolic OH excluding ortho intramolecular Hbond substituents is 1. The molecule has 0 fully saturated rings. The Bertz CT molecular complexity index is 534. The molecule has 132 valence electrons. The fraction of sp³-hybridized carbons (Fsp3) is 0.647. The lowest BCUT2D eigenvalue weighted by Gasteiger charge is -2.30. The minimum absolute atomic E-state index is 0.0578. The summed E-state index contributed by atoms with van der Waals surface area (Å²) in [5, 5.41) is 20.0. The van der Waals surface area contributed by atoms with Crippen LogP contribution in [0, 0.1) is 0 Å². The van der Waals surface area contributed by atoms with E-state index in [-0.39, 0.29) is 11.3 Å². The van der Waals surface area contributed by atoms with Crippen molar-refractivity contribution in [3.8, 4) is 5.75 Å². The van der Waals surface area contributed by atoms with Crippen molar-refractivity contribution in [1.29, 1.82) is 0 Å². The lowest BCUT2D eigenvalue weighted by Crippen LogP contribution is -2.39. The zero-order valence-corrected chi connectivity index (χ0v) is 14.4. The second-order valence-corrected chi connectivity index (χ2v) is 7.98. The average molecular weight is 333 g/mol. The Kier molecular flexibility index (Phi) is 5.14. The molecule has 0 heterocycles. The predicted molar refractivity (Wildman–Crippen MR) is 84.5 cm³/mol. The van der Waals surface area contributed by atoms with E-state index < -0.39 is 29.2 Å². The monoisotopic (exact) mass is 333 g/mol. The molecule has 3 nitrogen and oxygen atoms in total. The van der Waals surface area contributed by atoms with Crippen LogP contribution in [-0.4, -0.2) is 22.5 Å². The molecule has 0 aliphatic heterocycles. The molecule has 0 amide bonds. The quantitative estimate of drug-likeness (QED) is 0.769. The molecule has 0 aromatic heterocycles. The molecule has 23 heavy (non-hydrogen) atoms. The number of phenols is 1. The van der Waals surface area contributed by atoms with Crippen LogP contribution in [0.5, 0.6) is 5.75 Å². The van der Waals surface area contributed by atoms with E-state index in [0.717, 1.165) is 0 Å². The Labute approximate surface area is 135 Å². The van der Waals surface area contributed by atoms with Crippen molar-refractivity contribution in [2.24, 2.45) is 5.73 Å². The van der Waals surface area contributed by atoms with E-state index in [1.807, 2.05) is 41.5 Å². The Balaban J connectivity index is 3.57. The van der Waals surface area contributed by atoms with Gasteiger partial charge in [-0.2, -0.15) is 13.2 Å². The summed E-state index contributed by atoms with van der Waals surface area (Å²) in [5.74, 6) is 0.0578. The molecule has 4 N–H and O–H groups in total. The molecule has 0 saturated heterocycles. The third-order valence-electron chi connectivity index (χ3n) is 3.81. The lowest BCUT2D eigenvalue weighted by molar-refractivity contribution is -0.210. The van der Waals surface area contributed by atoms with E-state index in [1.54, 1.807) is 0 Å². The molecule has 1 aromatic rings. The number of rotatable bonds is 2. The van der Waals surface area contributed by atoms with Crippen LogP contribution >= 0.6 is 0 Å². The van der Waals surface area contributed by atoms with Crippen LogP contribution in [0.4, 0.5) is 13.2 Å². The van der Waals surface area contributed by atoms with E-state index in [0.29, 0.717) is 11.1 Å². The highest BCUT2D eigenvalue weighted by molar-refractivity contribution is 5.50. The molecule has 2 atom stereocenters. The van der Waals surface area contributed by atoms with Gasteiger partial charge in [-0.1, -0.05) is 41.5 Å². The fourth-order valence-electron chi connectivity index (χ4n) is 2.38. The summed E-state index contributed by atoms with van der Waals surface area (Å²) in [6, 6.07) is 1.28. The van der Waals surface area contributed by atoms with Gasteiger partial charge in [-0.25, -0.2) is 0 Å². The van der Waals surface area contributed by atoms with Crippen LogP contribution in [0.1, 0.15) is 64.3 Å². The van der Waals surface area contributed by atoms with E-state index in [4.69, 9.17) is 5.73 Å². The van der Waals surface area contributed by atoms with Gasteiger partial charge in [0.1, 0.15) is 5.75 Å². The molecule has 0 radical (unpaired) electrons. The molecule has 0 unspecified atom stereocenters. The van der Waals surface area contributed by atoms with Crippen LogP contribution in [0.25, 0.3) is 0 Å². The van der Waals surface area contributed by atoms with Crippen molar-refractivity contribution in [2.75, 3.05) is 0 Å². The van der Waals surface area contributed by atoms with Gasteiger partial charge in [-0.3, -0.25) is 0 Å². The number of hydrogen-bond acceptors (Lipinski definition) is 3. The molecule has 0 spiro atoms. The number of aliphatic hydroxyl groups is 1. The van der Waals surface area contributed by atoms with Crippen molar-refractivity contribution < 1.29 is 23.4 Å². The molecular weight excluding hydrogens is 307 g/mol. The maximum absolute atomic E-state index is 12.8. The molecule has 0 aliphatic rings. The van der Waals surface area contributed by atoms with Gasteiger partial charge in [0, 0.05) is 0 Å². The highest BCUT2D eigenvalue weighted by Gasteiger charge is 2.43. The van der Waals surface area contributed by atoms with Crippen LogP contribution < -0.4 is 5.73 Å². The summed E-state index contributed by atoms with van der Waals surface area (Å²) >= 11 is 0. The van der Waals surface area contributed by atoms with E-state index in [9.17, 15) is 23.4 Å².